The molecule has 0 radical (unpaired) electrons. The zero-order chi connectivity index (χ0) is 11.5. The smallest absolute Gasteiger partial charge is 0.223 e. The van der Waals surface area contributed by atoms with E-state index in [0.29, 0.717) is 18.3 Å². The van der Waals surface area contributed by atoms with E-state index in [1.54, 1.807) is 24.0 Å². The van der Waals surface area contributed by atoms with Gasteiger partial charge in [-0.3, -0.25) is 0 Å². The monoisotopic (exact) mass is 223 g/mol. The molecule has 1 unspecified atom stereocenters. The number of rotatable bonds is 4. The Hall–Kier alpha value is -1.73. The second kappa shape index (κ2) is 4.42. The van der Waals surface area contributed by atoms with Crippen molar-refractivity contribution in [3.63, 3.8) is 0 Å². The maximum atomic E-state index is 8.99. The van der Waals surface area contributed by atoms with Gasteiger partial charge in [0.25, 0.3) is 0 Å². The van der Waals surface area contributed by atoms with Gasteiger partial charge in [-0.15, -0.1) is 0 Å². The molecule has 16 heavy (non-hydrogen) atoms. The summed E-state index contributed by atoms with van der Waals surface area (Å²) < 4.78 is 6.65. The molecule has 7 heteroatoms. The molecule has 2 heterocycles. The van der Waals surface area contributed by atoms with Crippen molar-refractivity contribution >= 4 is 0 Å². The zero-order valence-corrected chi connectivity index (χ0v) is 8.87. The second-order valence-corrected chi connectivity index (χ2v) is 3.47. The Morgan fingerprint density at radius 1 is 1.62 bits per heavy atom. The van der Waals surface area contributed by atoms with Gasteiger partial charge in [0.2, 0.25) is 5.89 Å². The van der Waals surface area contributed by atoms with Crippen LogP contribution in [0.15, 0.2) is 17.0 Å². The van der Waals surface area contributed by atoms with E-state index < -0.39 is 6.04 Å². The summed E-state index contributed by atoms with van der Waals surface area (Å²) in [6.07, 6.45) is 3.24. The third-order valence-corrected chi connectivity index (χ3v) is 2.20. The fourth-order valence-corrected chi connectivity index (χ4v) is 1.42. The molecule has 0 aromatic carbocycles. The van der Waals surface area contributed by atoms with Crippen LogP contribution in [0.3, 0.4) is 0 Å². The Labute approximate surface area is 91.9 Å². The number of nitrogens with zero attached hydrogens (tertiary/aromatic N) is 4. The molecule has 0 fully saturated rings. The van der Waals surface area contributed by atoms with Crippen molar-refractivity contribution < 1.29 is 9.63 Å². The molecule has 2 aromatic rings. The van der Waals surface area contributed by atoms with Gasteiger partial charge in [0.15, 0.2) is 5.82 Å². The summed E-state index contributed by atoms with van der Waals surface area (Å²) in [7, 11) is 0. The van der Waals surface area contributed by atoms with Gasteiger partial charge in [-0.1, -0.05) is 5.16 Å². The number of imidazole rings is 1. The van der Waals surface area contributed by atoms with Crippen LogP contribution in [0.25, 0.3) is 0 Å². The topological polar surface area (TPSA) is 103 Å². The van der Waals surface area contributed by atoms with Crippen LogP contribution in [0.4, 0.5) is 0 Å². The average molecular weight is 223 g/mol. The molecule has 0 aliphatic heterocycles. The predicted molar refractivity (Wildman–Crippen MR) is 54.4 cm³/mol. The van der Waals surface area contributed by atoms with Crippen LogP contribution in [-0.4, -0.2) is 31.4 Å². The first-order valence-electron chi connectivity index (χ1n) is 4.86. The molecule has 0 aliphatic rings. The number of hydrogen-bond acceptors (Lipinski definition) is 6. The van der Waals surface area contributed by atoms with E-state index in [9.17, 15) is 0 Å². The summed E-state index contributed by atoms with van der Waals surface area (Å²) in [5, 5.41) is 12.8. The molecule has 0 amide bonds. The van der Waals surface area contributed by atoms with E-state index in [0.717, 1.165) is 5.69 Å². The van der Waals surface area contributed by atoms with Gasteiger partial charge in [0.05, 0.1) is 31.2 Å². The van der Waals surface area contributed by atoms with Crippen LogP contribution in [-0.2, 0) is 6.54 Å². The maximum absolute atomic E-state index is 8.99. The fraction of sp³-hybridized carbons (Fsp3) is 0.444. The largest absolute Gasteiger partial charge is 0.394 e. The molecule has 0 aliphatic carbocycles. The molecule has 0 spiro atoms. The van der Waals surface area contributed by atoms with Gasteiger partial charge in [-0.25, -0.2) is 4.98 Å². The van der Waals surface area contributed by atoms with Crippen LogP contribution < -0.4 is 5.73 Å². The van der Waals surface area contributed by atoms with Gasteiger partial charge >= 0.3 is 0 Å². The Morgan fingerprint density at radius 2 is 2.44 bits per heavy atom. The Morgan fingerprint density at radius 3 is 3.06 bits per heavy atom. The third kappa shape index (κ3) is 2.10. The van der Waals surface area contributed by atoms with E-state index in [4.69, 9.17) is 15.4 Å². The summed E-state index contributed by atoms with van der Waals surface area (Å²) in [4.78, 5) is 8.06. The number of aromatic nitrogens is 4. The lowest BCUT2D eigenvalue weighted by atomic mass is 10.2. The third-order valence-electron chi connectivity index (χ3n) is 2.20. The Bertz CT molecular complexity index is 464. The highest BCUT2D eigenvalue weighted by atomic mass is 16.5. The lowest BCUT2D eigenvalue weighted by Gasteiger charge is -2.10. The van der Waals surface area contributed by atoms with Gasteiger partial charge in [0, 0.05) is 13.1 Å². The highest BCUT2D eigenvalue weighted by Crippen LogP contribution is 2.10. The van der Waals surface area contributed by atoms with E-state index in [1.165, 1.54) is 0 Å². The van der Waals surface area contributed by atoms with Crippen molar-refractivity contribution in [3.05, 3.63) is 29.9 Å². The number of aliphatic hydroxyl groups is 1. The lowest BCUT2D eigenvalue weighted by Crippen LogP contribution is -2.19. The van der Waals surface area contributed by atoms with Crippen LogP contribution in [0.1, 0.15) is 23.5 Å². The number of hydrogen-bond donors (Lipinski definition) is 2. The van der Waals surface area contributed by atoms with Crippen molar-refractivity contribution in [2.24, 2.45) is 5.73 Å². The minimum absolute atomic E-state index is 0.128. The summed E-state index contributed by atoms with van der Waals surface area (Å²) >= 11 is 0. The molecule has 7 nitrogen and oxygen atoms in total. The van der Waals surface area contributed by atoms with Crippen LogP contribution in [0.2, 0.25) is 0 Å². The molecule has 0 bridgehead atoms. The van der Waals surface area contributed by atoms with Gasteiger partial charge in [0.1, 0.15) is 0 Å². The van der Waals surface area contributed by atoms with Gasteiger partial charge in [-0.2, -0.15) is 4.98 Å². The van der Waals surface area contributed by atoms with Crippen molar-refractivity contribution in [1.29, 1.82) is 0 Å². The first-order chi connectivity index (χ1) is 7.70. The van der Waals surface area contributed by atoms with Gasteiger partial charge in [-0.05, 0) is 0 Å². The molecular weight excluding hydrogens is 210 g/mol. The minimum atomic E-state index is -0.449. The van der Waals surface area contributed by atoms with Crippen LogP contribution in [0.5, 0.6) is 0 Å². The molecular formula is C9H13N5O2. The first-order valence-corrected chi connectivity index (χ1v) is 4.86. The number of aryl methyl sites for hydroxylation is 1. The number of nitrogens with two attached hydrogens (primary N) is 1. The number of aliphatic hydroxyl groups excluding tert-OH is 1. The van der Waals surface area contributed by atoms with E-state index in [1.807, 2.05) is 0 Å². The maximum Gasteiger partial charge on any atom is 0.223 e. The fourth-order valence-electron chi connectivity index (χ4n) is 1.42. The highest BCUT2D eigenvalue weighted by molar-refractivity contribution is 5.06. The second-order valence-electron chi connectivity index (χ2n) is 3.47. The molecule has 86 valence electrons. The summed E-state index contributed by atoms with van der Waals surface area (Å²) in [5.74, 6) is 1.07. The first kappa shape index (κ1) is 10.8. The molecule has 3 N–H and O–H groups in total. The minimum Gasteiger partial charge on any atom is -0.394 e. The summed E-state index contributed by atoms with van der Waals surface area (Å²) in [5.41, 5.74) is 6.46. The van der Waals surface area contributed by atoms with E-state index in [2.05, 4.69) is 15.1 Å². The van der Waals surface area contributed by atoms with Crippen LogP contribution in [0, 0.1) is 6.92 Å². The molecule has 0 saturated carbocycles. The van der Waals surface area contributed by atoms with Crippen molar-refractivity contribution in [2.75, 3.05) is 6.61 Å². The van der Waals surface area contributed by atoms with Crippen molar-refractivity contribution in [3.8, 4) is 0 Å². The predicted octanol–water partition coefficient (Wildman–Crippen LogP) is -0.385. The van der Waals surface area contributed by atoms with E-state index in [-0.39, 0.29) is 6.61 Å². The molecule has 0 saturated heterocycles. The molecule has 1 atom stereocenters. The average Bonchev–Trinajstić information content (AvgIpc) is 2.87. The van der Waals surface area contributed by atoms with E-state index >= 15 is 0 Å². The Balaban J connectivity index is 2.18. The standard InChI is InChI=1S/C9H13N5O2/c1-6-12-9(13-16-6)3-14-5-11-2-8(14)7(10)4-15/h2,5,7,15H,3-4,10H2,1H3. The SMILES string of the molecule is Cc1nc(Cn2cncc2C(N)CO)no1. The normalized spacial score (nSPS) is 12.9. The van der Waals surface area contributed by atoms with Crippen molar-refractivity contribution in [2.45, 2.75) is 19.5 Å². The highest BCUT2D eigenvalue weighted by Gasteiger charge is 2.12. The summed E-state index contributed by atoms with van der Waals surface area (Å²) in [6, 6.07) is -0.449. The van der Waals surface area contributed by atoms with Crippen molar-refractivity contribution in [1.82, 2.24) is 19.7 Å². The summed E-state index contributed by atoms with van der Waals surface area (Å²) in [6.45, 7) is 2.03. The molecule has 2 aromatic heterocycles. The van der Waals surface area contributed by atoms with Gasteiger partial charge < -0.3 is 19.9 Å². The Kier molecular flexibility index (Phi) is 2.97. The van der Waals surface area contributed by atoms with Crippen LogP contribution >= 0.6 is 0 Å². The quantitative estimate of drug-likeness (QED) is 0.732. The zero-order valence-electron chi connectivity index (χ0n) is 8.87. The molecule has 2 rings (SSSR count). The lowest BCUT2D eigenvalue weighted by molar-refractivity contribution is 0.263.